The number of carbonyl (C=O) groups is 1. The number of rotatable bonds is 4. The molecular weight excluding hydrogens is 323 g/mol. The van der Waals surface area contributed by atoms with E-state index in [1.807, 2.05) is 5.32 Å². The third-order valence-electron chi connectivity index (χ3n) is 2.68. The average Bonchev–Trinajstić information content (AvgIpc) is 2.29. The number of halogens is 6. The van der Waals surface area contributed by atoms with Crippen LogP contribution in [0.2, 0.25) is 10.0 Å². The minimum atomic E-state index is -4.58. The number of carbonyl (C=O) groups excluding carboxylic acids is 1. The highest BCUT2D eigenvalue weighted by molar-refractivity contribution is 6.35. The van der Waals surface area contributed by atoms with Crippen molar-refractivity contribution >= 4 is 29.1 Å². The molecule has 0 heterocycles. The zero-order valence-electron chi connectivity index (χ0n) is 10.1. The first kappa shape index (κ1) is 17.0. The van der Waals surface area contributed by atoms with Crippen LogP contribution in [-0.2, 0) is 10.3 Å². The van der Waals surface area contributed by atoms with E-state index in [1.54, 1.807) is 0 Å². The number of hydrogen-bond acceptors (Lipinski definition) is 2. The van der Waals surface area contributed by atoms with Crippen LogP contribution in [0.1, 0.15) is 12.5 Å². The minimum Gasteiger partial charge on any atom is -0.368 e. The Labute approximate surface area is 122 Å². The molecule has 0 aliphatic carbocycles. The van der Waals surface area contributed by atoms with Gasteiger partial charge >= 0.3 is 6.18 Å². The summed E-state index contributed by atoms with van der Waals surface area (Å²) in [7, 11) is 0. The van der Waals surface area contributed by atoms with E-state index in [0.29, 0.717) is 0 Å². The lowest BCUT2D eigenvalue weighted by atomic mass is 9.91. The normalized spacial score (nSPS) is 14.9. The van der Waals surface area contributed by atoms with Crippen molar-refractivity contribution in [3.05, 3.63) is 33.6 Å². The molecule has 1 aromatic rings. The largest absolute Gasteiger partial charge is 0.401 e. The molecule has 0 aliphatic heterocycles. The molecule has 1 atom stereocenters. The predicted molar refractivity (Wildman–Crippen MR) is 67.0 cm³/mol. The van der Waals surface area contributed by atoms with Crippen LogP contribution < -0.4 is 11.1 Å². The van der Waals surface area contributed by atoms with Crippen molar-refractivity contribution in [2.45, 2.75) is 18.6 Å². The molecule has 1 amide bonds. The maximum atomic E-state index is 13.4. The van der Waals surface area contributed by atoms with Crippen LogP contribution in [0.25, 0.3) is 0 Å². The first-order valence-corrected chi connectivity index (χ1v) is 5.99. The smallest absolute Gasteiger partial charge is 0.368 e. The van der Waals surface area contributed by atoms with Crippen LogP contribution >= 0.6 is 23.2 Å². The molecule has 1 aromatic carbocycles. The fraction of sp³-hybridized carbons (Fsp3) is 0.364. The van der Waals surface area contributed by atoms with Crippen molar-refractivity contribution in [3.63, 3.8) is 0 Å². The lowest BCUT2D eigenvalue weighted by Crippen LogP contribution is -2.53. The first-order valence-electron chi connectivity index (χ1n) is 5.24. The number of primary amides is 1. The van der Waals surface area contributed by atoms with Gasteiger partial charge in [-0.05, 0) is 19.1 Å². The number of hydrogen-bond donors (Lipinski definition) is 2. The van der Waals surface area contributed by atoms with Crippen LogP contribution in [-0.4, -0.2) is 18.6 Å². The fourth-order valence-electron chi connectivity index (χ4n) is 1.50. The van der Waals surface area contributed by atoms with Gasteiger partial charge < -0.3 is 5.73 Å². The standard InChI is InChI=1S/C11H10Cl2F4N2O/c1-10(9(18)20,19-4-11(15,16)17)5-2-8(14)7(13)3-6(5)12/h2-3,19H,4H2,1H3,(H2,18,20). The van der Waals surface area contributed by atoms with Gasteiger partial charge in [-0.2, -0.15) is 13.2 Å². The van der Waals surface area contributed by atoms with Crippen LogP contribution in [0, 0.1) is 5.82 Å². The van der Waals surface area contributed by atoms with Gasteiger partial charge in [0.15, 0.2) is 0 Å². The highest BCUT2D eigenvalue weighted by Crippen LogP contribution is 2.32. The van der Waals surface area contributed by atoms with Gasteiger partial charge in [0.25, 0.3) is 0 Å². The second-order valence-electron chi connectivity index (χ2n) is 4.20. The lowest BCUT2D eigenvalue weighted by Gasteiger charge is -2.29. The number of amides is 1. The predicted octanol–water partition coefficient (Wildman–Crippen LogP) is 2.98. The molecule has 0 fully saturated rings. The van der Waals surface area contributed by atoms with Gasteiger partial charge in [0.1, 0.15) is 11.4 Å². The fourth-order valence-corrected chi connectivity index (χ4v) is 2.07. The van der Waals surface area contributed by atoms with Crippen LogP contribution in [0.5, 0.6) is 0 Å². The molecule has 9 heteroatoms. The van der Waals surface area contributed by atoms with Gasteiger partial charge in [-0.1, -0.05) is 23.2 Å². The van der Waals surface area contributed by atoms with Crippen molar-refractivity contribution in [2.24, 2.45) is 5.73 Å². The molecule has 3 N–H and O–H groups in total. The molecule has 20 heavy (non-hydrogen) atoms. The third-order valence-corrected chi connectivity index (χ3v) is 3.29. The summed E-state index contributed by atoms with van der Waals surface area (Å²) in [6.45, 7) is -0.414. The molecule has 1 rings (SSSR count). The van der Waals surface area contributed by atoms with E-state index in [0.717, 1.165) is 19.1 Å². The molecular formula is C11H10Cl2F4N2O. The summed E-state index contributed by atoms with van der Waals surface area (Å²) in [5.41, 5.74) is 2.89. The van der Waals surface area contributed by atoms with Gasteiger partial charge in [-0.15, -0.1) is 0 Å². The van der Waals surface area contributed by atoms with E-state index in [2.05, 4.69) is 0 Å². The van der Waals surface area contributed by atoms with Crippen LogP contribution in [0.15, 0.2) is 12.1 Å². The SMILES string of the molecule is CC(NCC(F)(F)F)(C(N)=O)c1cc(F)c(Cl)cc1Cl. The van der Waals surface area contributed by atoms with Gasteiger partial charge in [-0.3, -0.25) is 10.1 Å². The van der Waals surface area contributed by atoms with Crippen molar-refractivity contribution in [1.82, 2.24) is 5.32 Å². The first-order chi connectivity index (χ1) is 8.97. The van der Waals surface area contributed by atoms with E-state index in [4.69, 9.17) is 28.9 Å². The van der Waals surface area contributed by atoms with E-state index < -0.39 is 30.0 Å². The van der Waals surface area contributed by atoms with Gasteiger partial charge in [0.05, 0.1) is 11.6 Å². The zero-order chi connectivity index (χ0) is 15.7. The summed E-state index contributed by atoms with van der Waals surface area (Å²) >= 11 is 11.3. The van der Waals surface area contributed by atoms with Crippen LogP contribution in [0.3, 0.4) is 0 Å². The van der Waals surface area contributed by atoms with Crippen LogP contribution in [0.4, 0.5) is 17.6 Å². The Bertz CT molecular complexity index is 536. The maximum absolute atomic E-state index is 13.4. The summed E-state index contributed by atoms with van der Waals surface area (Å²) < 4.78 is 50.2. The highest BCUT2D eigenvalue weighted by Gasteiger charge is 2.39. The number of nitrogens with one attached hydrogen (secondary N) is 1. The second-order valence-corrected chi connectivity index (χ2v) is 5.02. The Balaban J connectivity index is 3.26. The molecule has 0 spiro atoms. The molecule has 0 saturated carbocycles. The quantitative estimate of drug-likeness (QED) is 0.657. The van der Waals surface area contributed by atoms with Crippen molar-refractivity contribution in [3.8, 4) is 0 Å². The molecule has 112 valence electrons. The van der Waals surface area contributed by atoms with E-state index in [-0.39, 0.29) is 15.6 Å². The Morgan fingerprint density at radius 3 is 2.30 bits per heavy atom. The summed E-state index contributed by atoms with van der Waals surface area (Å²) in [4.78, 5) is 11.5. The zero-order valence-corrected chi connectivity index (χ0v) is 11.6. The molecule has 0 radical (unpaired) electrons. The van der Waals surface area contributed by atoms with Crippen molar-refractivity contribution in [1.29, 1.82) is 0 Å². The third kappa shape index (κ3) is 3.74. The molecule has 3 nitrogen and oxygen atoms in total. The highest BCUT2D eigenvalue weighted by atomic mass is 35.5. The monoisotopic (exact) mass is 332 g/mol. The molecule has 0 aromatic heterocycles. The molecule has 0 aliphatic rings. The molecule has 1 unspecified atom stereocenters. The summed E-state index contributed by atoms with van der Waals surface area (Å²) in [5, 5.41) is 1.45. The summed E-state index contributed by atoms with van der Waals surface area (Å²) in [6, 6.07) is 1.77. The Kier molecular flexibility index (Phi) is 4.89. The summed E-state index contributed by atoms with van der Waals surface area (Å²) in [5.74, 6) is -2.06. The Morgan fingerprint density at radius 1 is 1.30 bits per heavy atom. The van der Waals surface area contributed by atoms with Crippen molar-refractivity contribution in [2.75, 3.05) is 6.54 Å². The van der Waals surface area contributed by atoms with Gasteiger partial charge in [-0.25, -0.2) is 4.39 Å². The van der Waals surface area contributed by atoms with E-state index in [1.165, 1.54) is 0 Å². The Morgan fingerprint density at radius 2 is 1.85 bits per heavy atom. The summed E-state index contributed by atoms with van der Waals surface area (Å²) in [6.07, 6.45) is -4.58. The minimum absolute atomic E-state index is 0.174. The molecule has 0 saturated heterocycles. The van der Waals surface area contributed by atoms with E-state index >= 15 is 0 Å². The topological polar surface area (TPSA) is 55.1 Å². The number of alkyl halides is 3. The maximum Gasteiger partial charge on any atom is 0.401 e. The second kappa shape index (κ2) is 5.75. The Hall–Kier alpha value is -1.05. The van der Waals surface area contributed by atoms with Gasteiger partial charge in [0, 0.05) is 10.6 Å². The number of benzene rings is 1. The molecule has 0 bridgehead atoms. The van der Waals surface area contributed by atoms with Crippen molar-refractivity contribution < 1.29 is 22.4 Å². The van der Waals surface area contributed by atoms with E-state index in [9.17, 15) is 22.4 Å². The van der Waals surface area contributed by atoms with Gasteiger partial charge in [0.2, 0.25) is 5.91 Å². The number of nitrogens with two attached hydrogens (primary N) is 1. The lowest BCUT2D eigenvalue weighted by molar-refractivity contribution is -0.135. The average molecular weight is 333 g/mol.